The van der Waals surface area contributed by atoms with Crippen molar-refractivity contribution in [2.24, 2.45) is 11.8 Å². The Hall–Kier alpha value is -1.55. The SMILES string of the molecule is CCC(C)CC(C)NC(=O)c1cc(C)ccc1NN. The van der Waals surface area contributed by atoms with Crippen LogP contribution in [0.4, 0.5) is 5.69 Å². The summed E-state index contributed by atoms with van der Waals surface area (Å²) in [6, 6.07) is 5.76. The lowest BCUT2D eigenvalue weighted by atomic mass is 10.00. The van der Waals surface area contributed by atoms with E-state index in [1.165, 1.54) is 0 Å². The van der Waals surface area contributed by atoms with Crippen molar-refractivity contribution < 1.29 is 4.79 Å². The number of amides is 1. The Bertz CT molecular complexity index is 431. The van der Waals surface area contributed by atoms with E-state index < -0.39 is 0 Å². The Morgan fingerprint density at radius 3 is 2.63 bits per heavy atom. The molecule has 0 bridgehead atoms. The number of aryl methyl sites for hydroxylation is 1. The molecule has 4 N–H and O–H groups in total. The van der Waals surface area contributed by atoms with Gasteiger partial charge in [0, 0.05) is 6.04 Å². The van der Waals surface area contributed by atoms with Gasteiger partial charge in [-0.2, -0.15) is 0 Å². The molecule has 0 aliphatic heterocycles. The number of hydrogen-bond acceptors (Lipinski definition) is 3. The fourth-order valence-electron chi connectivity index (χ4n) is 2.10. The molecule has 0 heterocycles. The quantitative estimate of drug-likeness (QED) is 0.546. The second kappa shape index (κ2) is 7.14. The van der Waals surface area contributed by atoms with Crippen molar-refractivity contribution in [3.8, 4) is 0 Å². The van der Waals surface area contributed by atoms with E-state index in [2.05, 4.69) is 24.6 Å². The first-order valence-corrected chi connectivity index (χ1v) is 6.86. The van der Waals surface area contributed by atoms with Gasteiger partial charge < -0.3 is 10.7 Å². The minimum Gasteiger partial charge on any atom is -0.350 e. The Morgan fingerprint density at radius 1 is 1.37 bits per heavy atom. The summed E-state index contributed by atoms with van der Waals surface area (Å²) in [5.74, 6) is 5.98. The molecule has 2 atom stereocenters. The molecular formula is C15H25N3O. The fourth-order valence-corrected chi connectivity index (χ4v) is 2.10. The zero-order valence-electron chi connectivity index (χ0n) is 12.3. The van der Waals surface area contributed by atoms with E-state index in [1.54, 1.807) is 0 Å². The number of carbonyl (C=O) groups is 1. The van der Waals surface area contributed by atoms with Crippen LogP contribution in [0.3, 0.4) is 0 Å². The molecule has 0 aromatic heterocycles. The molecule has 19 heavy (non-hydrogen) atoms. The highest BCUT2D eigenvalue weighted by Gasteiger charge is 2.15. The van der Waals surface area contributed by atoms with Crippen molar-refractivity contribution in [1.82, 2.24) is 5.32 Å². The predicted octanol–water partition coefficient (Wildman–Crippen LogP) is 2.84. The van der Waals surface area contributed by atoms with Gasteiger partial charge in [-0.05, 0) is 38.3 Å². The number of nitrogen functional groups attached to an aromatic ring is 1. The summed E-state index contributed by atoms with van der Waals surface area (Å²) in [5.41, 5.74) is 4.86. The first kappa shape index (κ1) is 15.5. The van der Waals surface area contributed by atoms with Gasteiger partial charge in [-0.3, -0.25) is 10.6 Å². The number of anilines is 1. The van der Waals surface area contributed by atoms with Crippen molar-refractivity contribution in [3.63, 3.8) is 0 Å². The molecule has 0 saturated carbocycles. The van der Waals surface area contributed by atoms with Crippen LogP contribution in [-0.4, -0.2) is 11.9 Å². The van der Waals surface area contributed by atoms with Crippen molar-refractivity contribution in [2.75, 3.05) is 5.43 Å². The third kappa shape index (κ3) is 4.56. The lowest BCUT2D eigenvalue weighted by Gasteiger charge is -2.18. The molecule has 2 unspecified atom stereocenters. The van der Waals surface area contributed by atoms with E-state index in [0.717, 1.165) is 18.4 Å². The van der Waals surface area contributed by atoms with Crippen LogP contribution in [0.5, 0.6) is 0 Å². The normalized spacial score (nSPS) is 13.7. The predicted molar refractivity (Wildman–Crippen MR) is 80.0 cm³/mol. The Labute approximate surface area is 115 Å². The zero-order chi connectivity index (χ0) is 14.4. The number of benzene rings is 1. The van der Waals surface area contributed by atoms with Crippen LogP contribution in [0.2, 0.25) is 0 Å². The van der Waals surface area contributed by atoms with Crippen LogP contribution in [-0.2, 0) is 0 Å². The smallest absolute Gasteiger partial charge is 0.253 e. The van der Waals surface area contributed by atoms with Crippen LogP contribution < -0.4 is 16.6 Å². The lowest BCUT2D eigenvalue weighted by molar-refractivity contribution is 0.0936. The maximum absolute atomic E-state index is 12.3. The number of hydrazine groups is 1. The summed E-state index contributed by atoms with van der Waals surface area (Å²) in [4.78, 5) is 12.3. The number of hydrogen-bond donors (Lipinski definition) is 3. The van der Waals surface area contributed by atoms with Crippen molar-refractivity contribution in [1.29, 1.82) is 0 Å². The number of carbonyl (C=O) groups excluding carboxylic acids is 1. The van der Waals surface area contributed by atoms with Gasteiger partial charge in [-0.1, -0.05) is 31.9 Å². The minimum atomic E-state index is -0.0764. The van der Waals surface area contributed by atoms with E-state index in [0.29, 0.717) is 17.2 Å². The molecule has 0 spiro atoms. The van der Waals surface area contributed by atoms with Gasteiger partial charge >= 0.3 is 0 Å². The summed E-state index contributed by atoms with van der Waals surface area (Å²) in [7, 11) is 0. The van der Waals surface area contributed by atoms with Crippen LogP contribution in [0.25, 0.3) is 0 Å². The standard InChI is InChI=1S/C15H25N3O/c1-5-10(2)8-12(4)17-15(19)13-9-11(3)6-7-14(13)18-16/h6-7,9-10,12,18H,5,8,16H2,1-4H3,(H,17,19). The molecule has 4 heteroatoms. The first-order valence-electron chi connectivity index (χ1n) is 6.86. The topological polar surface area (TPSA) is 67.2 Å². The molecule has 1 aromatic rings. The molecule has 1 rings (SSSR count). The van der Waals surface area contributed by atoms with Crippen LogP contribution in [0.1, 0.15) is 49.5 Å². The summed E-state index contributed by atoms with van der Waals surface area (Å²) >= 11 is 0. The summed E-state index contributed by atoms with van der Waals surface area (Å²) in [5, 5.41) is 3.03. The monoisotopic (exact) mass is 263 g/mol. The maximum atomic E-state index is 12.3. The van der Waals surface area contributed by atoms with E-state index in [4.69, 9.17) is 5.84 Å². The van der Waals surface area contributed by atoms with Gasteiger partial charge in [0.05, 0.1) is 11.3 Å². The van der Waals surface area contributed by atoms with Crippen molar-refractivity contribution >= 4 is 11.6 Å². The van der Waals surface area contributed by atoms with E-state index >= 15 is 0 Å². The molecule has 0 aliphatic rings. The summed E-state index contributed by atoms with van der Waals surface area (Å²) in [6.45, 7) is 8.35. The van der Waals surface area contributed by atoms with E-state index in [1.807, 2.05) is 32.0 Å². The van der Waals surface area contributed by atoms with Gasteiger partial charge in [0.2, 0.25) is 0 Å². The highest BCUT2D eigenvalue weighted by molar-refractivity contribution is 5.99. The highest BCUT2D eigenvalue weighted by atomic mass is 16.1. The average molecular weight is 263 g/mol. The number of nitrogens with two attached hydrogens (primary N) is 1. The molecule has 0 aliphatic carbocycles. The fraction of sp³-hybridized carbons (Fsp3) is 0.533. The third-order valence-electron chi connectivity index (χ3n) is 3.41. The highest BCUT2D eigenvalue weighted by Crippen LogP contribution is 2.17. The molecule has 1 aromatic carbocycles. The Balaban J connectivity index is 2.75. The van der Waals surface area contributed by atoms with Gasteiger partial charge in [-0.25, -0.2) is 0 Å². The largest absolute Gasteiger partial charge is 0.350 e. The second-order valence-corrected chi connectivity index (χ2v) is 5.32. The van der Waals surface area contributed by atoms with Gasteiger partial charge in [0.25, 0.3) is 5.91 Å². The van der Waals surface area contributed by atoms with Crippen LogP contribution in [0, 0.1) is 12.8 Å². The number of rotatable bonds is 6. The second-order valence-electron chi connectivity index (χ2n) is 5.32. The molecule has 1 amide bonds. The molecule has 0 saturated heterocycles. The first-order chi connectivity index (χ1) is 8.97. The Kier molecular flexibility index (Phi) is 5.83. The zero-order valence-corrected chi connectivity index (χ0v) is 12.3. The van der Waals surface area contributed by atoms with E-state index in [-0.39, 0.29) is 11.9 Å². The average Bonchev–Trinajstić information content (AvgIpc) is 2.38. The van der Waals surface area contributed by atoms with Crippen LogP contribution in [0.15, 0.2) is 18.2 Å². The van der Waals surface area contributed by atoms with Gasteiger partial charge in [0.1, 0.15) is 0 Å². The van der Waals surface area contributed by atoms with E-state index in [9.17, 15) is 4.79 Å². The van der Waals surface area contributed by atoms with Gasteiger partial charge in [-0.15, -0.1) is 0 Å². The molecule has 0 radical (unpaired) electrons. The van der Waals surface area contributed by atoms with Crippen molar-refractivity contribution in [3.05, 3.63) is 29.3 Å². The summed E-state index contributed by atoms with van der Waals surface area (Å²) in [6.07, 6.45) is 2.11. The summed E-state index contributed by atoms with van der Waals surface area (Å²) < 4.78 is 0. The molecule has 4 nitrogen and oxygen atoms in total. The Morgan fingerprint density at radius 2 is 2.05 bits per heavy atom. The third-order valence-corrected chi connectivity index (χ3v) is 3.41. The van der Waals surface area contributed by atoms with Gasteiger partial charge in [0.15, 0.2) is 0 Å². The number of nitrogens with one attached hydrogen (secondary N) is 2. The maximum Gasteiger partial charge on any atom is 0.253 e. The lowest BCUT2D eigenvalue weighted by Crippen LogP contribution is -2.34. The van der Waals surface area contributed by atoms with Crippen molar-refractivity contribution in [2.45, 2.75) is 46.6 Å². The molecule has 0 fully saturated rings. The van der Waals surface area contributed by atoms with Crippen LogP contribution >= 0.6 is 0 Å². The minimum absolute atomic E-state index is 0.0764. The molecular weight excluding hydrogens is 238 g/mol. The molecule has 106 valence electrons.